The van der Waals surface area contributed by atoms with Crippen molar-refractivity contribution < 1.29 is 28.6 Å². The van der Waals surface area contributed by atoms with Crippen molar-refractivity contribution in [3.05, 3.63) is 0 Å². The Morgan fingerprint density at radius 1 is 0.400 bits per heavy atom. The highest BCUT2D eigenvalue weighted by Gasteiger charge is 2.19. The van der Waals surface area contributed by atoms with Crippen LogP contribution in [-0.4, -0.2) is 37.2 Å². The molecule has 6 nitrogen and oxygen atoms in total. The number of rotatable bonds is 37. The smallest absolute Gasteiger partial charge is 0.306 e. The van der Waals surface area contributed by atoms with Gasteiger partial charge in [0.05, 0.1) is 0 Å². The van der Waals surface area contributed by atoms with E-state index in [1.54, 1.807) is 0 Å². The van der Waals surface area contributed by atoms with Crippen molar-refractivity contribution in [2.75, 3.05) is 13.2 Å². The molecule has 0 aliphatic heterocycles. The first-order valence-corrected chi connectivity index (χ1v) is 21.7. The van der Waals surface area contributed by atoms with Gasteiger partial charge in [-0.2, -0.15) is 0 Å². The summed E-state index contributed by atoms with van der Waals surface area (Å²) in [4.78, 5) is 37.6. The minimum atomic E-state index is -0.762. The molecule has 0 saturated heterocycles. The van der Waals surface area contributed by atoms with Crippen LogP contribution in [0.2, 0.25) is 0 Å². The Kier molecular flexibility index (Phi) is 34.7. The van der Waals surface area contributed by atoms with Gasteiger partial charge in [0.15, 0.2) is 6.10 Å². The van der Waals surface area contributed by atoms with Crippen molar-refractivity contribution in [2.45, 2.75) is 234 Å². The number of esters is 3. The van der Waals surface area contributed by atoms with E-state index in [4.69, 9.17) is 14.2 Å². The van der Waals surface area contributed by atoms with Crippen molar-refractivity contribution in [3.8, 4) is 0 Å². The summed E-state index contributed by atoms with van der Waals surface area (Å²) < 4.78 is 16.7. The van der Waals surface area contributed by atoms with E-state index in [1.165, 1.54) is 109 Å². The zero-order valence-corrected chi connectivity index (χ0v) is 34.2. The molecule has 0 N–H and O–H groups in total. The van der Waals surface area contributed by atoms with E-state index in [1.807, 2.05) is 0 Å². The van der Waals surface area contributed by atoms with Crippen LogP contribution in [0.25, 0.3) is 0 Å². The highest BCUT2D eigenvalue weighted by molar-refractivity contribution is 5.71. The fourth-order valence-corrected chi connectivity index (χ4v) is 6.28. The first kappa shape index (κ1) is 48.4. The second-order valence-electron chi connectivity index (χ2n) is 15.9. The average Bonchev–Trinajstić information content (AvgIpc) is 3.09. The molecule has 296 valence electrons. The number of unbranched alkanes of at least 4 members (excludes halogenated alkanes) is 18. The molecule has 0 spiro atoms. The van der Waals surface area contributed by atoms with Gasteiger partial charge in [0.1, 0.15) is 13.2 Å². The Labute approximate surface area is 310 Å². The molecule has 0 saturated carbocycles. The van der Waals surface area contributed by atoms with E-state index in [2.05, 4.69) is 41.5 Å². The van der Waals surface area contributed by atoms with Crippen LogP contribution in [0.4, 0.5) is 0 Å². The maximum absolute atomic E-state index is 12.7. The van der Waals surface area contributed by atoms with Gasteiger partial charge in [-0.1, -0.05) is 189 Å². The summed E-state index contributed by atoms with van der Waals surface area (Å²) in [6.07, 6.45) is 30.9. The van der Waals surface area contributed by atoms with E-state index in [-0.39, 0.29) is 31.1 Å². The zero-order valence-electron chi connectivity index (χ0n) is 34.2. The second-order valence-corrected chi connectivity index (χ2v) is 15.9. The van der Waals surface area contributed by atoms with E-state index >= 15 is 0 Å². The molecule has 0 aromatic carbocycles. The van der Waals surface area contributed by atoms with Crippen LogP contribution in [0.5, 0.6) is 0 Å². The third-order valence-electron chi connectivity index (χ3n) is 10.4. The Hall–Kier alpha value is -1.59. The van der Waals surface area contributed by atoms with Crippen molar-refractivity contribution >= 4 is 17.9 Å². The van der Waals surface area contributed by atoms with Gasteiger partial charge in [-0.05, 0) is 37.0 Å². The molecular formula is C44H84O6. The molecule has 0 amide bonds. The quantitative estimate of drug-likeness (QED) is 0.0363. The maximum atomic E-state index is 12.7. The lowest BCUT2D eigenvalue weighted by molar-refractivity contribution is -0.167. The minimum Gasteiger partial charge on any atom is -0.462 e. The standard InChI is InChI=1S/C44H84O6/c1-7-39(5)31-25-19-13-9-10-14-23-29-35-44(47)50-41(36-48-42(45)33-27-21-15-11-12-18-24-30-38(3)4)37-49-43(46)34-28-22-17-16-20-26-32-40(6)8-2/h38-41H,7-37H2,1-6H3/t39?,40?,41-/m1/s1. The number of hydrogen-bond donors (Lipinski definition) is 0. The third-order valence-corrected chi connectivity index (χ3v) is 10.4. The molecule has 50 heavy (non-hydrogen) atoms. The fraction of sp³-hybridized carbons (Fsp3) is 0.932. The highest BCUT2D eigenvalue weighted by Crippen LogP contribution is 2.17. The lowest BCUT2D eigenvalue weighted by Crippen LogP contribution is -2.30. The van der Waals surface area contributed by atoms with Crippen LogP contribution in [0.15, 0.2) is 0 Å². The maximum Gasteiger partial charge on any atom is 0.306 e. The first-order valence-electron chi connectivity index (χ1n) is 21.7. The lowest BCUT2D eigenvalue weighted by Gasteiger charge is -2.18. The molecule has 0 radical (unpaired) electrons. The SMILES string of the molecule is CCC(C)CCCCCCCCCCC(=O)O[C@H](COC(=O)CCCCCCCCCC(C)C)COC(=O)CCCCCCCCC(C)CC. The molecular weight excluding hydrogens is 624 g/mol. The summed E-state index contributed by atoms with van der Waals surface area (Å²) in [7, 11) is 0. The van der Waals surface area contributed by atoms with Gasteiger partial charge in [0, 0.05) is 19.3 Å². The molecule has 0 aliphatic rings. The van der Waals surface area contributed by atoms with E-state index in [0.717, 1.165) is 75.5 Å². The predicted molar refractivity (Wildman–Crippen MR) is 210 cm³/mol. The van der Waals surface area contributed by atoms with E-state index in [0.29, 0.717) is 19.3 Å². The van der Waals surface area contributed by atoms with Gasteiger partial charge in [-0.3, -0.25) is 14.4 Å². The molecule has 0 aromatic rings. The summed E-state index contributed by atoms with van der Waals surface area (Å²) in [6.45, 7) is 13.6. The lowest BCUT2D eigenvalue weighted by atomic mass is 9.99. The molecule has 2 unspecified atom stereocenters. The average molecular weight is 709 g/mol. The Morgan fingerprint density at radius 2 is 0.700 bits per heavy atom. The number of hydrogen-bond acceptors (Lipinski definition) is 6. The summed E-state index contributed by atoms with van der Waals surface area (Å²) in [5.41, 5.74) is 0. The predicted octanol–water partition coefficient (Wildman–Crippen LogP) is 13.3. The highest BCUT2D eigenvalue weighted by atomic mass is 16.6. The normalized spacial score (nSPS) is 13.3. The molecule has 0 bridgehead atoms. The Balaban J connectivity index is 4.38. The Morgan fingerprint density at radius 3 is 1.04 bits per heavy atom. The Bertz CT molecular complexity index is 780. The largest absolute Gasteiger partial charge is 0.462 e. The molecule has 0 aromatic heterocycles. The number of carbonyl (C=O) groups is 3. The zero-order chi connectivity index (χ0) is 37.1. The molecule has 0 fully saturated rings. The van der Waals surface area contributed by atoms with Crippen LogP contribution in [0.3, 0.4) is 0 Å². The van der Waals surface area contributed by atoms with Crippen LogP contribution < -0.4 is 0 Å². The van der Waals surface area contributed by atoms with E-state index < -0.39 is 6.10 Å². The van der Waals surface area contributed by atoms with Crippen molar-refractivity contribution in [1.29, 1.82) is 0 Å². The molecule has 0 rings (SSSR count). The van der Waals surface area contributed by atoms with Gasteiger partial charge in [-0.15, -0.1) is 0 Å². The van der Waals surface area contributed by atoms with Gasteiger partial charge in [0.2, 0.25) is 0 Å². The number of carbonyl (C=O) groups excluding carboxylic acids is 3. The minimum absolute atomic E-state index is 0.0681. The van der Waals surface area contributed by atoms with Gasteiger partial charge < -0.3 is 14.2 Å². The number of ether oxygens (including phenoxy) is 3. The summed E-state index contributed by atoms with van der Waals surface area (Å²) >= 11 is 0. The van der Waals surface area contributed by atoms with Gasteiger partial charge >= 0.3 is 17.9 Å². The van der Waals surface area contributed by atoms with Gasteiger partial charge in [-0.25, -0.2) is 0 Å². The monoisotopic (exact) mass is 709 g/mol. The van der Waals surface area contributed by atoms with E-state index in [9.17, 15) is 14.4 Å². The molecule has 0 aliphatic carbocycles. The summed E-state index contributed by atoms with van der Waals surface area (Å²) in [6, 6.07) is 0. The third kappa shape index (κ3) is 34.8. The van der Waals surface area contributed by atoms with Crippen LogP contribution in [0, 0.1) is 17.8 Å². The van der Waals surface area contributed by atoms with Gasteiger partial charge in [0.25, 0.3) is 0 Å². The van der Waals surface area contributed by atoms with Crippen molar-refractivity contribution in [1.82, 2.24) is 0 Å². The summed E-state index contributed by atoms with van der Waals surface area (Å²) in [5, 5.41) is 0. The van der Waals surface area contributed by atoms with Crippen LogP contribution in [-0.2, 0) is 28.6 Å². The molecule has 6 heteroatoms. The van der Waals surface area contributed by atoms with Crippen LogP contribution >= 0.6 is 0 Å². The molecule has 3 atom stereocenters. The summed E-state index contributed by atoms with van der Waals surface area (Å²) in [5.74, 6) is 1.57. The fourth-order valence-electron chi connectivity index (χ4n) is 6.28. The van der Waals surface area contributed by atoms with Crippen LogP contribution in [0.1, 0.15) is 228 Å². The van der Waals surface area contributed by atoms with Crippen molar-refractivity contribution in [2.24, 2.45) is 17.8 Å². The second kappa shape index (κ2) is 35.8. The first-order chi connectivity index (χ1) is 24.2. The topological polar surface area (TPSA) is 78.9 Å². The molecule has 0 heterocycles. The van der Waals surface area contributed by atoms with Crippen molar-refractivity contribution in [3.63, 3.8) is 0 Å².